The van der Waals surface area contributed by atoms with E-state index in [0.29, 0.717) is 6.54 Å². The molecule has 4 heteroatoms. The number of hydrogen-bond donors (Lipinski definition) is 1. The molecule has 1 aromatic carbocycles. The van der Waals surface area contributed by atoms with Gasteiger partial charge in [0, 0.05) is 24.7 Å². The molecule has 0 saturated carbocycles. The van der Waals surface area contributed by atoms with Crippen LogP contribution in [0.1, 0.15) is 38.7 Å². The molecule has 3 nitrogen and oxygen atoms in total. The first-order chi connectivity index (χ1) is 9.67. The maximum Gasteiger partial charge on any atom is 0.317 e. The van der Waals surface area contributed by atoms with Crippen LogP contribution in [0.5, 0.6) is 0 Å². The average molecular weight is 297 g/mol. The molecule has 0 unspecified atom stereocenters. The van der Waals surface area contributed by atoms with Gasteiger partial charge < -0.3 is 10.2 Å². The van der Waals surface area contributed by atoms with Crippen LogP contribution in [0, 0.1) is 0 Å². The van der Waals surface area contributed by atoms with Crippen LogP contribution in [0.25, 0.3) is 0 Å². The smallest absolute Gasteiger partial charge is 0.317 e. The number of nitrogens with one attached hydrogen (secondary N) is 1. The summed E-state index contributed by atoms with van der Waals surface area (Å²) >= 11 is 5.84. The molecule has 0 bridgehead atoms. The number of halogens is 1. The quantitative estimate of drug-likeness (QED) is 0.769. The Bertz CT molecular complexity index is 392. The second kappa shape index (κ2) is 9.65. The van der Waals surface area contributed by atoms with Crippen LogP contribution >= 0.6 is 11.6 Å². The molecule has 2 amide bonds. The van der Waals surface area contributed by atoms with Gasteiger partial charge in [-0.25, -0.2) is 4.79 Å². The van der Waals surface area contributed by atoms with E-state index in [1.165, 1.54) is 5.56 Å². The number of carbonyl (C=O) groups excluding carboxylic acids is 1. The van der Waals surface area contributed by atoms with E-state index >= 15 is 0 Å². The molecular weight excluding hydrogens is 272 g/mol. The average Bonchev–Trinajstić information content (AvgIpc) is 2.45. The Kier molecular flexibility index (Phi) is 8.12. The van der Waals surface area contributed by atoms with Crippen LogP contribution in [0.4, 0.5) is 4.79 Å². The minimum absolute atomic E-state index is 0.0502. The van der Waals surface area contributed by atoms with E-state index in [-0.39, 0.29) is 6.03 Å². The van der Waals surface area contributed by atoms with Crippen molar-refractivity contribution in [1.29, 1.82) is 0 Å². The highest BCUT2D eigenvalue weighted by molar-refractivity contribution is 6.30. The van der Waals surface area contributed by atoms with E-state index < -0.39 is 0 Å². The lowest BCUT2D eigenvalue weighted by atomic mass is 10.1. The van der Waals surface area contributed by atoms with Crippen molar-refractivity contribution in [1.82, 2.24) is 10.2 Å². The molecule has 20 heavy (non-hydrogen) atoms. The first kappa shape index (κ1) is 16.8. The Labute approximate surface area is 127 Å². The summed E-state index contributed by atoms with van der Waals surface area (Å²) < 4.78 is 0. The van der Waals surface area contributed by atoms with E-state index in [1.807, 2.05) is 29.2 Å². The van der Waals surface area contributed by atoms with Gasteiger partial charge >= 0.3 is 6.03 Å². The molecule has 0 aromatic heterocycles. The zero-order valence-corrected chi connectivity index (χ0v) is 13.2. The predicted octanol–water partition coefficient (Wildman–Crippen LogP) is 4.10. The highest BCUT2D eigenvalue weighted by atomic mass is 35.5. The number of hydrogen-bond acceptors (Lipinski definition) is 1. The summed E-state index contributed by atoms with van der Waals surface area (Å²) in [7, 11) is 0. The zero-order chi connectivity index (χ0) is 14.8. The number of nitrogens with zero attached hydrogens (tertiary/aromatic N) is 1. The lowest BCUT2D eigenvalue weighted by Crippen LogP contribution is -2.41. The van der Waals surface area contributed by atoms with Gasteiger partial charge in [-0.1, -0.05) is 44.0 Å². The Hall–Kier alpha value is -1.22. The first-order valence-electron chi connectivity index (χ1n) is 7.44. The fourth-order valence-electron chi connectivity index (χ4n) is 2.01. The Morgan fingerprint density at radius 2 is 1.85 bits per heavy atom. The highest BCUT2D eigenvalue weighted by Crippen LogP contribution is 2.09. The summed E-state index contributed by atoms with van der Waals surface area (Å²) in [5.74, 6) is 0. The summed E-state index contributed by atoms with van der Waals surface area (Å²) in [5.41, 5.74) is 1.19. The normalized spacial score (nSPS) is 10.3. The Morgan fingerprint density at radius 3 is 2.45 bits per heavy atom. The Balaban J connectivity index is 2.34. The lowest BCUT2D eigenvalue weighted by Gasteiger charge is -2.22. The van der Waals surface area contributed by atoms with E-state index in [9.17, 15) is 4.79 Å². The van der Waals surface area contributed by atoms with Crippen LogP contribution in [-0.4, -0.2) is 30.6 Å². The third kappa shape index (κ3) is 6.29. The molecule has 0 radical (unpaired) electrons. The minimum atomic E-state index is 0.0502. The monoisotopic (exact) mass is 296 g/mol. The molecule has 0 aliphatic heterocycles. The summed E-state index contributed by atoms with van der Waals surface area (Å²) in [6.45, 7) is 6.57. The molecular formula is C16H25ClN2O. The standard InChI is InChI=1S/C16H25ClN2O/c1-3-5-13-19(12-4-2)16(20)18-11-10-14-6-8-15(17)9-7-14/h6-9H,3-5,10-13H2,1-2H3,(H,18,20). The molecule has 0 saturated heterocycles. The number of rotatable bonds is 8. The largest absolute Gasteiger partial charge is 0.338 e. The van der Waals surface area contributed by atoms with Gasteiger partial charge in [-0.05, 0) is 37.0 Å². The van der Waals surface area contributed by atoms with Crippen molar-refractivity contribution < 1.29 is 4.79 Å². The Morgan fingerprint density at radius 1 is 1.15 bits per heavy atom. The molecule has 0 aliphatic rings. The lowest BCUT2D eigenvalue weighted by molar-refractivity contribution is 0.197. The summed E-state index contributed by atoms with van der Waals surface area (Å²) in [4.78, 5) is 14.0. The van der Waals surface area contributed by atoms with Gasteiger partial charge in [0.15, 0.2) is 0 Å². The van der Waals surface area contributed by atoms with Gasteiger partial charge in [-0.3, -0.25) is 0 Å². The number of urea groups is 1. The maximum atomic E-state index is 12.1. The number of benzene rings is 1. The number of carbonyl (C=O) groups is 1. The topological polar surface area (TPSA) is 32.3 Å². The van der Waals surface area contributed by atoms with Crippen LogP contribution in [0.2, 0.25) is 5.02 Å². The van der Waals surface area contributed by atoms with Crippen molar-refractivity contribution in [2.75, 3.05) is 19.6 Å². The SMILES string of the molecule is CCCCN(CCC)C(=O)NCCc1ccc(Cl)cc1. The summed E-state index contributed by atoms with van der Waals surface area (Å²) in [6, 6.07) is 7.80. The zero-order valence-electron chi connectivity index (χ0n) is 12.5. The summed E-state index contributed by atoms with van der Waals surface area (Å²) in [6.07, 6.45) is 3.99. The van der Waals surface area contributed by atoms with Crippen LogP contribution in [-0.2, 0) is 6.42 Å². The second-order valence-electron chi connectivity index (χ2n) is 4.95. The molecule has 0 heterocycles. The van der Waals surface area contributed by atoms with Gasteiger partial charge in [-0.2, -0.15) is 0 Å². The van der Waals surface area contributed by atoms with Gasteiger partial charge in [0.05, 0.1) is 0 Å². The van der Waals surface area contributed by atoms with Crippen LogP contribution in [0.3, 0.4) is 0 Å². The fraction of sp³-hybridized carbons (Fsp3) is 0.562. The van der Waals surface area contributed by atoms with Gasteiger partial charge in [0.2, 0.25) is 0 Å². The highest BCUT2D eigenvalue weighted by Gasteiger charge is 2.10. The predicted molar refractivity (Wildman–Crippen MR) is 85.3 cm³/mol. The molecule has 1 aromatic rings. The van der Waals surface area contributed by atoms with Crippen LogP contribution < -0.4 is 5.32 Å². The van der Waals surface area contributed by atoms with E-state index in [0.717, 1.165) is 43.8 Å². The molecule has 112 valence electrons. The fourth-order valence-corrected chi connectivity index (χ4v) is 2.14. The van der Waals surface area contributed by atoms with Crippen molar-refractivity contribution in [2.24, 2.45) is 0 Å². The molecule has 1 rings (SSSR count). The molecule has 1 N–H and O–H groups in total. The van der Waals surface area contributed by atoms with Crippen LogP contribution in [0.15, 0.2) is 24.3 Å². The van der Waals surface area contributed by atoms with Crippen molar-refractivity contribution in [2.45, 2.75) is 39.5 Å². The summed E-state index contributed by atoms with van der Waals surface area (Å²) in [5, 5.41) is 3.74. The van der Waals surface area contributed by atoms with Gasteiger partial charge in [-0.15, -0.1) is 0 Å². The van der Waals surface area contributed by atoms with E-state index in [1.54, 1.807) is 0 Å². The minimum Gasteiger partial charge on any atom is -0.338 e. The number of amides is 2. The van der Waals surface area contributed by atoms with Gasteiger partial charge in [0.1, 0.15) is 0 Å². The number of unbranched alkanes of at least 4 members (excludes halogenated alkanes) is 1. The first-order valence-corrected chi connectivity index (χ1v) is 7.82. The van der Waals surface area contributed by atoms with Crippen molar-refractivity contribution in [3.05, 3.63) is 34.9 Å². The van der Waals surface area contributed by atoms with Crippen molar-refractivity contribution in [3.63, 3.8) is 0 Å². The van der Waals surface area contributed by atoms with Crippen molar-refractivity contribution >= 4 is 17.6 Å². The molecule has 0 fully saturated rings. The molecule has 0 aliphatic carbocycles. The third-order valence-electron chi connectivity index (χ3n) is 3.17. The second-order valence-corrected chi connectivity index (χ2v) is 5.39. The van der Waals surface area contributed by atoms with Gasteiger partial charge in [0.25, 0.3) is 0 Å². The van der Waals surface area contributed by atoms with E-state index in [4.69, 9.17) is 11.6 Å². The van der Waals surface area contributed by atoms with E-state index in [2.05, 4.69) is 19.2 Å². The molecule has 0 atom stereocenters. The third-order valence-corrected chi connectivity index (χ3v) is 3.42. The molecule has 0 spiro atoms. The maximum absolute atomic E-state index is 12.1. The van der Waals surface area contributed by atoms with Crippen molar-refractivity contribution in [3.8, 4) is 0 Å².